The van der Waals surface area contributed by atoms with Gasteiger partial charge in [0.25, 0.3) is 5.92 Å². The first-order chi connectivity index (χ1) is 11.5. The van der Waals surface area contributed by atoms with Crippen molar-refractivity contribution >= 4 is 22.8 Å². The molecule has 7 nitrogen and oxygen atoms in total. The van der Waals surface area contributed by atoms with E-state index in [-0.39, 0.29) is 32.5 Å². The molecule has 1 atom stereocenters. The van der Waals surface area contributed by atoms with Gasteiger partial charge in [0.05, 0.1) is 11.9 Å². The molecule has 2 fully saturated rings. The molecule has 0 bridgehead atoms. The molecule has 2 aliphatic heterocycles. The molecule has 3 N–H and O–H groups in total. The van der Waals surface area contributed by atoms with Crippen molar-refractivity contribution in [3.63, 3.8) is 0 Å². The van der Waals surface area contributed by atoms with Crippen molar-refractivity contribution in [3.8, 4) is 0 Å². The number of amides is 1. The van der Waals surface area contributed by atoms with Gasteiger partial charge in [0.1, 0.15) is 23.3 Å². The van der Waals surface area contributed by atoms with Crippen LogP contribution >= 0.6 is 0 Å². The molecule has 1 spiro atoms. The Morgan fingerprint density at radius 2 is 2.17 bits per heavy atom. The lowest BCUT2D eigenvalue weighted by atomic mass is 9.91. The van der Waals surface area contributed by atoms with Gasteiger partial charge < -0.3 is 20.5 Å². The summed E-state index contributed by atoms with van der Waals surface area (Å²) in [5.41, 5.74) is 4.58. The molecule has 0 aliphatic carbocycles. The number of carbonyl (C=O) groups is 1. The van der Waals surface area contributed by atoms with Crippen LogP contribution in [0.2, 0.25) is 0 Å². The summed E-state index contributed by atoms with van der Waals surface area (Å²) >= 11 is 0. The highest BCUT2D eigenvalue weighted by Gasteiger charge is 2.65. The van der Waals surface area contributed by atoms with Gasteiger partial charge >= 0.3 is 0 Å². The Morgan fingerprint density at radius 1 is 1.33 bits per heavy atom. The van der Waals surface area contributed by atoms with Gasteiger partial charge in [-0.2, -0.15) is 0 Å². The second-order valence-corrected chi connectivity index (χ2v) is 6.34. The molecule has 0 radical (unpaired) electrons. The van der Waals surface area contributed by atoms with Gasteiger partial charge in [0.15, 0.2) is 0 Å². The second kappa shape index (κ2) is 5.10. The zero-order valence-electron chi connectivity index (χ0n) is 13.0. The van der Waals surface area contributed by atoms with E-state index in [1.165, 1.54) is 11.2 Å². The van der Waals surface area contributed by atoms with Crippen LogP contribution in [-0.4, -0.2) is 63.4 Å². The molecule has 2 aromatic rings. The molecule has 128 valence electrons. The lowest BCUT2D eigenvalue weighted by Gasteiger charge is -2.38. The number of hydrogen-bond acceptors (Lipinski definition) is 5. The minimum absolute atomic E-state index is 0.0419. The molecular formula is C15H18F2N6O. The minimum Gasteiger partial charge on any atom is -0.353 e. The second-order valence-electron chi connectivity index (χ2n) is 6.34. The average molecular weight is 336 g/mol. The normalized spacial score (nSPS) is 26.0. The average Bonchev–Trinajstić information content (AvgIpc) is 3.26. The molecule has 2 aromatic heterocycles. The van der Waals surface area contributed by atoms with E-state index in [1.807, 2.05) is 11.0 Å². The standard InChI is InChI=1S/C15H18F2N6O/c16-15(17)3-6-23(11(24)7-18)14(15)2-5-22(8-14)13-10-1-4-19-12(10)20-9-21-13/h1,4,9H,2-3,5-8,18H2,(H,19,20,21). The highest BCUT2D eigenvalue weighted by Crippen LogP contribution is 2.49. The van der Waals surface area contributed by atoms with Crippen LogP contribution < -0.4 is 10.6 Å². The number of anilines is 1. The van der Waals surface area contributed by atoms with E-state index in [1.54, 1.807) is 6.20 Å². The van der Waals surface area contributed by atoms with Crippen molar-refractivity contribution in [2.24, 2.45) is 5.73 Å². The van der Waals surface area contributed by atoms with Gasteiger partial charge in [0, 0.05) is 32.3 Å². The molecule has 24 heavy (non-hydrogen) atoms. The zero-order valence-corrected chi connectivity index (χ0v) is 13.0. The summed E-state index contributed by atoms with van der Waals surface area (Å²) in [5, 5.41) is 0.785. The Balaban J connectivity index is 1.72. The fourth-order valence-electron chi connectivity index (χ4n) is 3.97. The maximum absolute atomic E-state index is 14.7. The molecule has 0 saturated carbocycles. The van der Waals surface area contributed by atoms with E-state index >= 15 is 0 Å². The number of halogens is 2. The van der Waals surface area contributed by atoms with Crippen molar-refractivity contribution in [1.29, 1.82) is 0 Å². The van der Waals surface area contributed by atoms with Crippen LogP contribution in [0.25, 0.3) is 11.0 Å². The number of nitrogens with two attached hydrogens (primary N) is 1. The topological polar surface area (TPSA) is 91.1 Å². The highest BCUT2D eigenvalue weighted by atomic mass is 19.3. The Labute approximate surface area is 136 Å². The van der Waals surface area contributed by atoms with E-state index in [0.29, 0.717) is 18.0 Å². The Bertz CT molecular complexity index is 793. The number of nitrogens with one attached hydrogen (secondary N) is 1. The molecule has 0 aromatic carbocycles. The first-order valence-electron chi connectivity index (χ1n) is 7.90. The first kappa shape index (κ1) is 15.3. The SMILES string of the molecule is NCC(=O)N1CCC(F)(F)C12CCN(c1ncnc3[nH]ccc13)C2. The lowest BCUT2D eigenvalue weighted by Crippen LogP contribution is -2.58. The van der Waals surface area contributed by atoms with Crippen LogP contribution in [0, 0.1) is 0 Å². The van der Waals surface area contributed by atoms with E-state index in [9.17, 15) is 13.6 Å². The zero-order chi connectivity index (χ0) is 16.9. The molecule has 1 unspecified atom stereocenters. The number of nitrogens with zero attached hydrogens (tertiary/aromatic N) is 4. The fourth-order valence-corrected chi connectivity index (χ4v) is 3.97. The summed E-state index contributed by atoms with van der Waals surface area (Å²) in [7, 11) is 0. The molecule has 4 heterocycles. The van der Waals surface area contributed by atoms with Gasteiger partial charge in [-0.1, -0.05) is 0 Å². The van der Waals surface area contributed by atoms with Gasteiger partial charge in [0.2, 0.25) is 5.91 Å². The quantitative estimate of drug-likeness (QED) is 0.844. The van der Waals surface area contributed by atoms with E-state index in [0.717, 1.165) is 5.39 Å². The maximum atomic E-state index is 14.7. The lowest BCUT2D eigenvalue weighted by molar-refractivity contribution is -0.143. The van der Waals surface area contributed by atoms with E-state index in [4.69, 9.17) is 5.73 Å². The third-order valence-electron chi connectivity index (χ3n) is 5.20. The number of likely N-dealkylation sites (tertiary alicyclic amines) is 1. The Morgan fingerprint density at radius 3 is 2.96 bits per heavy atom. The third-order valence-corrected chi connectivity index (χ3v) is 5.20. The van der Waals surface area contributed by atoms with Crippen LogP contribution in [0.15, 0.2) is 18.6 Å². The smallest absolute Gasteiger partial charge is 0.274 e. The number of aromatic amines is 1. The van der Waals surface area contributed by atoms with Crippen LogP contribution in [0.3, 0.4) is 0 Å². The number of rotatable bonds is 2. The van der Waals surface area contributed by atoms with Crippen LogP contribution in [0.1, 0.15) is 12.8 Å². The molecule has 4 rings (SSSR count). The molecule has 2 aliphatic rings. The summed E-state index contributed by atoms with van der Waals surface area (Å²) in [6.07, 6.45) is 3.02. The van der Waals surface area contributed by atoms with Crippen LogP contribution in [-0.2, 0) is 4.79 Å². The van der Waals surface area contributed by atoms with Crippen molar-refractivity contribution < 1.29 is 13.6 Å². The summed E-state index contributed by atoms with van der Waals surface area (Å²) in [4.78, 5) is 26.6. The number of carbonyl (C=O) groups excluding carboxylic acids is 1. The Hall–Kier alpha value is -2.29. The molecule has 1 amide bonds. The van der Waals surface area contributed by atoms with Crippen molar-refractivity contribution in [2.75, 3.05) is 31.1 Å². The third kappa shape index (κ3) is 1.94. The maximum Gasteiger partial charge on any atom is 0.274 e. The summed E-state index contributed by atoms with van der Waals surface area (Å²) < 4.78 is 29.4. The van der Waals surface area contributed by atoms with Gasteiger partial charge in [-0.05, 0) is 12.5 Å². The van der Waals surface area contributed by atoms with Gasteiger partial charge in [-0.3, -0.25) is 4.79 Å². The molecular weight excluding hydrogens is 318 g/mol. The number of alkyl halides is 2. The summed E-state index contributed by atoms with van der Waals surface area (Å²) in [6.45, 7) is 0.234. The Kier molecular flexibility index (Phi) is 3.24. The molecule has 9 heteroatoms. The van der Waals surface area contributed by atoms with E-state index < -0.39 is 17.4 Å². The highest BCUT2D eigenvalue weighted by molar-refractivity contribution is 5.87. The summed E-state index contributed by atoms with van der Waals surface area (Å²) in [6, 6.07) is 1.82. The van der Waals surface area contributed by atoms with Crippen LogP contribution in [0.4, 0.5) is 14.6 Å². The fraction of sp³-hybridized carbons (Fsp3) is 0.533. The van der Waals surface area contributed by atoms with Crippen molar-refractivity contribution in [2.45, 2.75) is 24.3 Å². The largest absolute Gasteiger partial charge is 0.353 e. The number of hydrogen-bond donors (Lipinski definition) is 2. The predicted octanol–water partition coefficient (Wildman–Crippen LogP) is 0.733. The minimum atomic E-state index is -2.93. The molecule has 2 saturated heterocycles. The monoisotopic (exact) mass is 336 g/mol. The summed E-state index contributed by atoms with van der Waals surface area (Å²) in [5.74, 6) is -2.75. The van der Waals surface area contributed by atoms with Crippen molar-refractivity contribution in [1.82, 2.24) is 19.9 Å². The first-order valence-corrected chi connectivity index (χ1v) is 7.90. The predicted molar refractivity (Wildman–Crippen MR) is 83.8 cm³/mol. The number of H-pyrrole nitrogens is 1. The number of fused-ring (bicyclic) bond motifs is 1. The van der Waals surface area contributed by atoms with Gasteiger partial charge in [-0.15, -0.1) is 0 Å². The van der Waals surface area contributed by atoms with Crippen LogP contribution in [0.5, 0.6) is 0 Å². The number of aromatic nitrogens is 3. The van der Waals surface area contributed by atoms with E-state index in [2.05, 4.69) is 15.0 Å². The van der Waals surface area contributed by atoms with Crippen molar-refractivity contribution in [3.05, 3.63) is 18.6 Å². The van der Waals surface area contributed by atoms with Gasteiger partial charge in [-0.25, -0.2) is 18.7 Å².